The van der Waals surface area contributed by atoms with Crippen molar-refractivity contribution in [2.75, 3.05) is 4.90 Å². The van der Waals surface area contributed by atoms with Crippen LogP contribution >= 0.6 is 0 Å². The first-order valence-corrected chi connectivity index (χ1v) is 23.1. The number of benzene rings is 10. The van der Waals surface area contributed by atoms with Gasteiger partial charge in [-0.05, 0) is 114 Å². The molecule has 1 unspecified atom stereocenters. The minimum Gasteiger partial charge on any atom is -0.455 e. The van der Waals surface area contributed by atoms with Crippen LogP contribution in [-0.2, 0) is 10.8 Å². The lowest BCUT2D eigenvalue weighted by molar-refractivity contribution is 0.660. The van der Waals surface area contributed by atoms with Gasteiger partial charge >= 0.3 is 0 Å². The third kappa shape index (κ3) is 4.91. The van der Waals surface area contributed by atoms with E-state index < -0.39 is 5.41 Å². The molecule has 3 aliphatic rings. The summed E-state index contributed by atoms with van der Waals surface area (Å²) in [5.41, 5.74) is 24.9. The van der Waals surface area contributed by atoms with E-state index in [4.69, 9.17) is 4.42 Å². The third-order valence-corrected chi connectivity index (χ3v) is 15.1. The van der Waals surface area contributed by atoms with Crippen molar-refractivity contribution in [1.82, 2.24) is 0 Å². The summed E-state index contributed by atoms with van der Waals surface area (Å²) in [6.45, 7) is 4.75. The zero-order chi connectivity index (χ0) is 43.7. The Morgan fingerprint density at radius 2 is 0.894 bits per heavy atom. The standard InChI is InChI=1S/C64H43NO/c1-63(2)52-29-10-6-22-46(52)47-37-36-43(39-57(47)63)65(42-21-14-20-41(38-42)45-27-15-28-49-48-23-9-13-35-59(48)66-62(45)49)58-34-17-33-56-61(58)51-25-8-12-31-54(51)64(56)53-30-11-7-24-50(53)60-44(26-16-32-55(60)64)40-18-4-3-5-19-40/h3-39H,1-2H3. The maximum atomic E-state index is 6.65. The van der Waals surface area contributed by atoms with Crippen LogP contribution < -0.4 is 4.90 Å². The van der Waals surface area contributed by atoms with Gasteiger partial charge in [0.05, 0.1) is 11.1 Å². The first kappa shape index (κ1) is 37.2. The molecular formula is C64H43NO. The minimum absolute atomic E-state index is 0.171. The van der Waals surface area contributed by atoms with Crippen LogP contribution in [0.15, 0.2) is 229 Å². The zero-order valence-corrected chi connectivity index (χ0v) is 36.7. The van der Waals surface area contributed by atoms with Crippen molar-refractivity contribution in [2.24, 2.45) is 0 Å². The Hall–Kier alpha value is -8.20. The van der Waals surface area contributed by atoms with Crippen molar-refractivity contribution in [1.29, 1.82) is 0 Å². The average molecular weight is 842 g/mol. The number of hydrogen-bond acceptors (Lipinski definition) is 2. The lowest BCUT2D eigenvalue weighted by atomic mass is 9.70. The van der Waals surface area contributed by atoms with Crippen LogP contribution in [0, 0.1) is 0 Å². The fourth-order valence-electron chi connectivity index (χ4n) is 12.3. The molecule has 0 N–H and O–H groups in total. The van der Waals surface area contributed by atoms with Crippen molar-refractivity contribution in [3.63, 3.8) is 0 Å². The van der Waals surface area contributed by atoms with Gasteiger partial charge in [-0.1, -0.05) is 202 Å². The Morgan fingerprint density at radius 3 is 1.71 bits per heavy atom. The smallest absolute Gasteiger partial charge is 0.143 e. The molecule has 0 radical (unpaired) electrons. The second-order valence-electron chi connectivity index (χ2n) is 18.7. The summed E-state index contributed by atoms with van der Waals surface area (Å²) < 4.78 is 6.65. The van der Waals surface area contributed by atoms with Crippen molar-refractivity contribution in [3.8, 4) is 55.6 Å². The highest BCUT2D eigenvalue weighted by Gasteiger charge is 2.53. The number of anilines is 3. The number of hydrogen-bond donors (Lipinski definition) is 0. The lowest BCUT2D eigenvalue weighted by Crippen LogP contribution is -2.26. The van der Waals surface area contributed by atoms with Gasteiger partial charge in [-0.15, -0.1) is 0 Å². The van der Waals surface area contributed by atoms with Crippen molar-refractivity contribution in [2.45, 2.75) is 24.7 Å². The van der Waals surface area contributed by atoms with E-state index in [1.54, 1.807) is 0 Å². The summed E-state index contributed by atoms with van der Waals surface area (Å²) in [5, 5.41) is 2.26. The van der Waals surface area contributed by atoms with Crippen LogP contribution in [0.25, 0.3) is 77.6 Å². The van der Waals surface area contributed by atoms with Crippen LogP contribution in [0.4, 0.5) is 17.1 Å². The van der Waals surface area contributed by atoms with Gasteiger partial charge in [0, 0.05) is 38.7 Å². The highest BCUT2D eigenvalue weighted by atomic mass is 16.3. The summed E-state index contributed by atoms with van der Waals surface area (Å²) in [6, 6.07) is 83.3. The molecule has 1 spiro atoms. The van der Waals surface area contributed by atoms with Crippen molar-refractivity contribution in [3.05, 3.63) is 258 Å². The molecule has 14 rings (SSSR count). The number of nitrogens with zero attached hydrogens (tertiary/aromatic N) is 1. The monoisotopic (exact) mass is 841 g/mol. The molecule has 11 aromatic rings. The van der Waals surface area contributed by atoms with Crippen molar-refractivity contribution < 1.29 is 4.42 Å². The van der Waals surface area contributed by atoms with E-state index in [2.05, 4.69) is 237 Å². The van der Waals surface area contributed by atoms with Gasteiger partial charge in [-0.3, -0.25) is 0 Å². The Balaban J connectivity index is 1.04. The van der Waals surface area contributed by atoms with E-state index in [-0.39, 0.29) is 5.41 Å². The quantitative estimate of drug-likeness (QED) is 0.172. The van der Waals surface area contributed by atoms with Gasteiger partial charge in [-0.25, -0.2) is 0 Å². The fourth-order valence-corrected chi connectivity index (χ4v) is 12.3. The van der Waals surface area contributed by atoms with Crippen LogP contribution in [0.3, 0.4) is 0 Å². The second kappa shape index (κ2) is 13.7. The van der Waals surface area contributed by atoms with Crippen LogP contribution in [0.5, 0.6) is 0 Å². The summed E-state index contributed by atoms with van der Waals surface area (Å²) in [5.74, 6) is 0. The van der Waals surface area contributed by atoms with E-state index in [0.717, 1.165) is 50.1 Å². The summed E-state index contributed by atoms with van der Waals surface area (Å²) in [7, 11) is 0. The molecule has 1 atom stereocenters. The second-order valence-corrected chi connectivity index (χ2v) is 18.7. The van der Waals surface area contributed by atoms with Gasteiger partial charge in [-0.2, -0.15) is 0 Å². The molecule has 0 bridgehead atoms. The van der Waals surface area contributed by atoms with Crippen LogP contribution in [0.1, 0.15) is 47.2 Å². The van der Waals surface area contributed by atoms with Gasteiger partial charge in [0.25, 0.3) is 0 Å². The predicted molar refractivity (Wildman–Crippen MR) is 273 cm³/mol. The SMILES string of the molecule is CC1(C)c2ccccc2-c2ccc(N(c3cccc(-c4cccc5c4oc4ccccc45)c3)c3cccc4c3-c3ccccc3C43c4ccccc4-c4c(-c5ccccc5)cccc43)cc21. The Kier molecular flexibility index (Phi) is 7.70. The largest absolute Gasteiger partial charge is 0.455 e. The Labute approximate surface area is 384 Å². The van der Waals surface area contributed by atoms with Gasteiger partial charge in [0.2, 0.25) is 0 Å². The number of fused-ring (bicyclic) bond motifs is 16. The van der Waals surface area contributed by atoms with E-state index in [9.17, 15) is 0 Å². The van der Waals surface area contributed by atoms with E-state index in [1.165, 1.54) is 77.9 Å². The molecule has 0 saturated heterocycles. The lowest BCUT2D eigenvalue weighted by Gasteiger charge is -2.32. The highest BCUT2D eigenvalue weighted by Crippen LogP contribution is 2.66. The third-order valence-electron chi connectivity index (χ3n) is 15.1. The molecule has 1 heterocycles. The normalized spacial score (nSPS) is 15.6. The van der Waals surface area contributed by atoms with Gasteiger partial charge in [0.1, 0.15) is 11.2 Å². The van der Waals surface area contributed by atoms with E-state index in [1.807, 2.05) is 6.07 Å². The number of para-hydroxylation sites is 2. The molecule has 310 valence electrons. The van der Waals surface area contributed by atoms with E-state index in [0.29, 0.717) is 0 Å². The molecule has 10 aromatic carbocycles. The van der Waals surface area contributed by atoms with Gasteiger partial charge < -0.3 is 9.32 Å². The zero-order valence-electron chi connectivity index (χ0n) is 36.7. The molecule has 2 heteroatoms. The first-order chi connectivity index (χ1) is 32.5. The fraction of sp³-hybridized carbons (Fsp3) is 0.0625. The molecular weight excluding hydrogens is 799 g/mol. The maximum absolute atomic E-state index is 6.65. The maximum Gasteiger partial charge on any atom is 0.143 e. The van der Waals surface area contributed by atoms with Gasteiger partial charge in [0.15, 0.2) is 0 Å². The molecule has 2 nitrogen and oxygen atoms in total. The van der Waals surface area contributed by atoms with Crippen molar-refractivity contribution >= 4 is 39.0 Å². The highest BCUT2D eigenvalue weighted by molar-refractivity contribution is 6.10. The summed E-state index contributed by atoms with van der Waals surface area (Å²) in [6.07, 6.45) is 0. The molecule has 0 fully saturated rings. The molecule has 66 heavy (non-hydrogen) atoms. The number of furan rings is 1. The molecule has 0 aliphatic heterocycles. The topological polar surface area (TPSA) is 16.4 Å². The summed E-state index contributed by atoms with van der Waals surface area (Å²) in [4.78, 5) is 2.53. The molecule has 1 aromatic heterocycles. The molecule has 3 aliphatic carbocycles. The minimum atomic E-state index is -0.523. The Morgan fingerprint density at radius 1 is 0.348 bits per heavy atom. The molecule has 0 amide bonds. The van der Waals surface area contributed by atoms with Crippen LogP contribution in [-0.4, -0.2) is 0 Å². The Bertz CT molecular complexity index is 3810. The molecule has 0 saturated carbocycles. The summed E-state index contributed by atoms with van der Waals surface area (Å²) >= 11 is 0. The van der Waals surface area contributed by atoms with E-state index >= 15 is 0 Å². The van der Waals surface area contributed by atoms with Crippen LogP contribution in [0.2, 0.25) is 0 Å². The first-order valence-electron chi connectivity index (χ1n) is 23.1. The average Bonchev–Trinajstić information content (AvgIpc) is 4.07. The number of rotatable bonds is 5. The predicted octanol–water partition coefficient (Wildman–Crippen LogP) is 17.0.